The molecule has 0 radical (unpaired) electrons. The molecule has 0 bridgehead atoms. The van der Waals surface area contributed by atoms with E-state index in [4.69, 9.17) is 18.0 Å². The zero-order valence-corrected chi connectivity index (χ0v) is 10.4. The summed E-state index contributed by atoms with van der Waals surface area (Å²) in [6, 6.07) is 0. The number of allylic oxidation sites excluding steroid dienone is 4. The monoisotopic (exact) mass is 222 g/mol. The van der Waals surface area contributed by atoms with Gasteiger partial charge in [0.05, 0.1) is 0 Å². The second-order valence-electron chi connectivity index (χ2n) is 4.29. The van der Waals surface area contributed by atoms with Crippen molar-refractivity contribution in [3.63, 3.8) is 0 Å². The van der Waals surface area contributed by atoms with Gasteiger partial charge in [-0.1, -0.05) is 36.8 Å². The van der Waals surface area contributed by atoms with Crippen molar-refractivity contribution < 1.29 is 0 Å². The molecule has 0 saturated heterocycles. The van der Waals surface area contributed by atoms with Crippen molar-refractivity contribution in [3.8, 4) is 12.3 Å². The molecular formula is C14H19Cl. The highest BCUT2D eigenvalue weighted by molar-refractivity contribution is 6.29. The molecule has 0 nitrogen and oxygen atoms in total. The van der Waals surface area contributed by atoms with E-state index in [2.05, 4.69) is 5.92 Å². The van der Waals surface area contributed by atoms with E-state index in [0.29, 0.717) is 5.92 Å². The Bertz CT molecular complexity index is 305. The summed E-state index contributed by atoms with van der Waals surface area (Å²) in [5.74, 6) is 3.37. The fraction of sp³-hybridized carbons (Fsp3) is 0.571. The molecule has 15 heavy (non-hydrogen) atoms. The first-order chi connectivity index (χ1) is 7.15. The molecule has 0 unspecified atom stereocenters. The lowest BCUT2D eigenvalue weighted by Crippen LogP contribution is -2.09. The van der Waals surface area contributed by atoms with Crippen molar-refractivity contribution in [2.75, 3.05) is 0 Å². The average molecular weight is 223 g/mol. The summed E-state index contributed by atoms with van der Waals surface area (Å²) in [7, 11) is 0. The SMILES string of the molecule is C#CC(C)=C(C=C(C)Cl)C1CCCCC1. The van der Waals surface area contributed by atoms with Crippen molar-refractivity contribution in [2.24, 2.45) is 5.92 Å². The lowest BCUT2D eigenvalue weighted by molar-refractivity contribution is 0.407. The van der Waals surface area contributed by atoms with Gasteiger partial charge in [-0.05, 0) is 44.3 Å². The Balaban J connectivity index is 2.91. The minimum absolute atomic E-state index is 0.628. The van der Waals surface area contributed by atoms with Gasteiger partial charge in [0.1, 0.15) is 0 Å². The van der Waals surface area contributed by atoms with Crippen molar-refractivity contribution in [1.82, 2.24) is 0 Å². The van der Waals surface area contributed by atoms with Crippen LogP contribution in [0.4, 0.5) is 0 Å². The summed E-state index contributed by atoms with van der Waals surface area (Å²) in [6.45, 7) is 3.93. The summed E-state index contributed by atoms with van der Waals surface area (Å²) >= 11 is 5.95. The standard InChI is InChI=1S/C14H19Cl/c1-4-11(2)14(10-12(3)15)13-8-6-5-7-9-13/h1,10,13H,5-9H2,2-3H3. The largest absolute Gasteiger partial charge is 0.115 e. The Hall–Kier alpha value is -0.670. The normalized spacial score (nSPS) is 20.8. The summed E-state index contributed by atoms with van der Waals surface area (Å²) in [4.78, 5) is 0. The second kappa shape index (κ2) is 6.03. The lowest BCUT2D eigenvalue weighted by atomic mass is 9.82. The molecule has 0 N–H and O–H groups in total. The topological polar surface area (TPSA) is 0 Å². The molecule has 1 heteroatoms. The van der Waals surface area contributed by atoms with Crippen LogP contribution in [0.3, 0.4) is 0 Å². The molecule has 1 aliphatic carbocycles. The van der Waals surface area contributed by atoms with Crippen LogP contribution in [0.1, 0.15) is 46.0 Å². The van der Waals surface area contributed by atoms with Gasteiger partial charge in [-0.3, -0.25) is 0 Å². The molecular weight excluding hydrogens is 204 g/mol. The number of rotatable bonds is 2. The number of halogens is 1. The zero-order chi connectivity index (χ0) is 11.3. The highest BCUT2D eigenvalue weighted by atomic mass is 35.5. The van der Waals surface area contributed by atoms with E-state index < -0.39 is 0 Å². The molecule has 0 aliphatic heterocycles. The van der Waals surface area contributed by atoms with E-state index in [9.17, 15) is 0 Å². The first-order valence-electron chi connectivity index (χ1n) is 5.66. The van der Waals surface area contributed by atoms with Crippen LogP contribution in [0.2, 0.25) is 0 Å². The molecule has 0 aromatic heterocycles. The average Bonchev–Trinajstić information content (AvgIpc) is 2.26. The molecule has 0 amide bonds. The van der Waals surface area contributed by atoms with E-state index in [1.165, 1.54) is 37.7 Å². The van der Waals surface area contributed by atoms with Gasteiger partial charge in [-0.15, -0.1) is 6.42 Å². The minimum Gasteiger partial charge on any atom is -0.115 e. The summed E-state index contributed by atoms with van der Waals surface area (Å²) in [6.07, 6.45) is 14.0. The maximum absolute atomic E-state index is 5.95. The van der Waals surface area contributed by atoms with E-state index in [1.807, 2.05) is 19.9 Å². The smallest absolute Gasteiger partial charge is 0.0153 e. The van der Waals surface area contributed by atoms with Crippen LogP contribution in [0, 0.1) is 18.3 Å². The van der Waals surface area contributed by atoms with Crippen molar-refractivity contribution in [3.05, 3.63) is 22.3 Å². The van der Waals surface area contributed by atoms with E-state index in [1.54, 1.807) is 0 Å². The fourth-order valence-electron chi connectivity index (χ4n) is 2.24. The van der Waals surface area contributed by atoms with Crippen LogP contribution in [0.5, 0.6) is 0 Å². The quantitative estimate of drug-likeness (QED) is 0.471. The second-order valence-corrected chi connectivity index (χ2v) is 4.89. The zero-order valence-electron chi connectivity index (χ0n) is 9.65. The van der Waals surface area contributed by atoms with Gasteiger partial charge in [0.2, 0.25) is 0 Å². The molecule has 0 spiro atoms. The van der Waals surface area contributed by atoms with Crippen molar-refractivity contribution >= 4 is 11.6 Å². The van der Waals surface area contributed by atoms with Gasteiger partial charge in [-0.25, -0.2) is 0 Å². The highest BCUT2D eigenvalue weighted by Gasteiger charge is 2.17. The van der Waals surface area contributed by atoms with Crippen LogP contribution in [0.15, 0.2) is 22.3 Å². The van der Waals surface area contributed by atoms with Crippen molar-refractivity contribution in [2.45, 2.75) is 46.0 Å². The molecule has 1 rings (SSSR count). The molecule has 0 aromatic carbocycles. The number of hydrogen-bond acceptors (Lipinski definition) is 0. The molecule has 1 aliphatic rings. The number of hydrogen-bond donors (Lipinski definition) is 0. The Kier molecular flexibility index (Phi) is 4.99. The van der Waals surface area contributed by atoms with Crippen LogP contribution in [-0.4, -0.2) is 0 Å². The van der Waals surface area contributed by atoms with Gasteiger partial charge in [-0.2, -0.15) is 0 Å². The summed E-state index contributed by atoms with van der Waals surface area (Å²) in [5, 5.41) is 0.824. The fourth-order valence-corrected chi connectivity index (χ4v) is 2.36. The Labute approximate surface area is 98.4 Å². The van der Waals surface area contributed by atoms with E-state index >= 15 is 0 Å². The maximum Gasteiger partial charge on any atom is 0.0153 e. The molecule has 1 fully saturated rings. The molecule has 1 saturated carbocycles. The van der Waals surface area contributed by atoms with Crippen molar-refractivity contribution in [1.29, 1.82) is 0 Å². The van der Waals surface area contributed by atoms with Gasteiger partial charge in [0.25, 0.3) is 0 Å². The molecule has 0 atom stereocenters. The summed E-state index contributed by atoms with van der Waals surface area (Å²) in [5.41, 5.74) is 2.33. The molecule has 82 valence electrons. The van der Waals surface area contributed by atoms with Gasteiger partial charge in [0, 0.05) is 10.6 Å². The third-order valence-corrected chi connectivity index (χ3v) is 3.16. The Morgan fingerprint density at radius 2 is 1.87 bits per heavy atom. The van der Waals surface area contributed by atoms with Gasteiger partial charge < -0.3 is 0 Å². The van der Waals surface area contributed by atoms with Gasteiger partial charge >= 0.3 is 0 Å². The van der Waals surface area contributed by atoms with E-state index in [0.717, 1.165) is 10.6 Å². The third kappa shape index (κ3) is 3.76. The van der Waals surface area contributed by atoms with Crippen LogP contribution in [0.25, 0.3) is 0 Å². The minimum atomic E-state index is 0.628. The van der Waals surface area contributed by atoms with Gasteiger partial charge in [0.15, 0.2) is 0 Å². The lowest BCUT2D eigenvalue weighted by Gasteiger charge is -2.23. The summed E-state index contributed by atoms with van der Waals surface area (Å²) < 4.78 is 0. The Morgan fingerprint density at radius 1 is 1.27 bits per heavy atom. The first kappa shape index (κ1) is 12.4. The first-order valence-corrected chi connectivity index (χ1v) is 6.04. The maximum atomic E-state index is 5.95. The predicted molar refractivity (Wildman–Crippen MR) is 67.7 cm³/mol. The molecule has 0 aromatic rings. The Morgan fingerprint density at radius 3 is 2.33 bits per heavy atom. The molecule has 0 heterocycles. The number of terminal acetylenes is 1. The predicted octanol–water partition coefficient (Wildman–Crippen LogP) is 4.66. The third-order valence-electron chi connectivity index (χ3n) is 3.05. The van der Waals surface area contributed by atoms with E-state index in [-0.39, 0.29) is 0 Å². The van der Waals surface area contributed by atoms with Crippen LogP contribution < -0.4 is 0 Å². The van der Waals surface area contributed by atoms with Crippen LogP contribution >= 0.6 is 11.6 Å². The highest BCUT2D eigenvalue weighted by Crippen LogP contribution is 2.32. The van der Waals surface area contributed by atoms with Crippen LogP contribution in [-0.2, 0) is 0 Å².